The van der Waals surface area contributed by atoms with Gasteiger partial charge in [-0.15, -0.1) is 0 Å². The number of likely N-dealkylation sites (tertiary alicyclic amines) is 1. The van der Waals surface area contributed by atoms with Gasteiger partial charge < -0.3 is 20.6 Å². The Morgan fingerprint density at radius 2 is 2.15 bits per heavy atom. The van der Waals surface area contributed by atoms with Crippen LogP contribution < -0.4 is 10.6 Å². The van der Waals surface area contributed by atoms with Crippen molar-refractivity contribution in [2.75, 3.05) is 13.1 Å². The minimum atomic E-state index is -1.04. The summed E-state index contributed by atoms with van der Waals surface area (Å²) in [5.41, 5.74) is 0. The highest BCUT2D eigenvalue weighted by Crippen LogP contribution is 2.27. The largest absolute Gasteiger partial charge is 0.480 e. The smallest absolute Gasteiger partial charge is 0.326 e. The van der Waals surface area contributed by atoms with Crippen LogP contribution >= 0.6 is 0 Å². The zero-order valence-corrected chi connectivity index (χ0v) is 11.8. The van der Waals surface area contributed by atoms with Crippen LogP contribution in [0.25, 0.3) is 0 Å². The number of carboxylic acid groups (broad SMARTS) is 1. The van der Waals surface area contributed by atoms with Crippen LogP contribution in [0.15, 0.2) is 0 Å². The van der Waals surface area contributed by atoms with E-state index in [1.165, 1.54) is 0 Å². The molecule has 20 heavy (non-hydrogen) atoms. The number of carbonyl (C=O) groups excluding carboxylic acids is 2. The highest BCUT2D eigenvalue weighted by molar-refractivity contribution is 5.86. The molecule has 0 aromatic heterocycles. The SMILES string of the molecule is CC(C)C(NC(=O)N1CCCC2C(=O)NCC21)C(=O)O. The molecule has 3 atom stereocenters. The molecular weight excluding hydrogens is 262 g/mol. The van der Waals surface area contributed by atoms with Crippen molar-refractivity contribution in [2.45, 2.75) is 38.8 Å². The minimum Gasteiger partial charge on any atom is -0.480 e. The van der Waals surface area contributed by atoms with Gasteiger partial charge in [-0.1, -0.05) is 13.8 Å². The zero-order chi connectivity index (χ0) is 14.9. The van der Waals surface area contributed by atoms with E-state index in [1.54, 1.807) is 18.7 Å². The summed E-state index contributed by atoms with van der Waals surface area (Å²) in [6.45, 7) is 4.51. The van der Waals surface area contributed by atoms with Crippen molar-refractivity contribution in [3.05, 3.63) is 0 Å². The van der Waals surface area contributed by atoms with Gasteiger partial charge in [-0.2, -0.15) is 0 Å². The van der Waals surface area contributed by atoms with Gasteiger partial charge in [0.2, 0.25) is 5.91 Å². The molecule has 0 bridgehead atoms. The number of nitrogens with one attached hydrogen (secondary N) is 2. The molecule has 0 aliphatic carbocycles. The molecule has 3 unspecified atom stereocenters. The summed E-state index contributed by atoms with van der Waals surface area (Å²) in [6, 6.07) is -1.46. The van der Waals surface area contributed by atoms with Crippen LogP contribution in [0.3, 0.4) is 0 Å². The summed E-state index contributed by atoms with van der Waals surface area (Å²) < 4.78 is 0. The summed E-state index contributed by atoms with van der Waals surface area (Å²) in [5.74, 6) is -1.40. The number of aliphatic carboxylic acids is 1. The average molecular weight is 283 g/mol. The van der Waals surface area contributed by atoms with Crippen molar-refractivity contribution in [3.63, 3.8) is 0 Å². The van der Waals surface area contributed by atoms with Gasteiger partial charge in [0, 0.05) is 13.1 Å². The number of amides is 3. The molecule has 0 aromatic carbocycles. The molecule has 3 N–H and O–H groups in total. The van der Waals surface area contributed by atoms with Crippen LogP contribution in [-0.4, -0.2) is 53.1 Å². The Kier molecular flexibility index (Phi) is 4.15. The average Bonchev–Trinajstić information content (AvgIpc) is 2.77. The monoisotopic (exact) mass is 283 g/mol. The van der Waals surface area contributed by atoms with Crippen molar-refractivity contribution in [1.29, 1.82) is 0 Å². The Bertz CT molecular complexity index is 424. The minimum absolute atomic E-state index is 0.00820. The number of nitrogens with zero attached hydrogens (tertiary/aromatic N) is 1. The van der Waals surface area contributed by atoms with Gasteiger partial charge in [0.15, 0.2) is 0 Å². The second kappa shape index (κ2) is 5.68. The molecule has 3 amide bonds. The number of hydrogen-bond acceptors (Lipinski definition) is 3. The van der Waals surface area contributed by atoms with Gasteiger partial charge in [-0.05, 0) is 18.8 Å². The van der Waals surface area contributed by atoms with E-state index in [0.29, 0.717) is 13.1 Å². The van der Waals surface area contributed by atoms with Crippen LogP contribution in [0.2, 0.25) is 0 Å². The molecule has 2 heterocycles. The van der Waals surface area contributed by atoms with Crippen LogP contribution in [0.1, 0.15) is 26.7 Å². The summed E-state index contributed by atoms with van der Waals surface area (Å²) >= 11 is 0. The van der Waals surface area contributed by atoms with Crippen LogP contribution in [0.4, 0.5) is 4.79 Å². The zero-order valence-electron chi connectivity index (χ0n) is 11.8. The van der Waals surface area contributed by atoms with Crippen molar-refractivity contribution in [3.8, 4) is 0 Å². The molecule has 0 radical (unpaired) electrons. The second-order valence-electron chi connectivity index (χ2n) is 5.76. The first kappa shape index (κ1) is 14.6. The fourth-order valence-electron chi connectivity index (χ4n) is 2.93. The fraction of sp³-hybridized carbons (Fsp3) is 0.769. The van der Waals surface area contributed by atoms with Crippen LogP contribution in [-0.2, 0) is 9.59 Å². The highest BCUT2D eigenvalue weighted by atomic mass is 16.4. The summed E-state index contributed by atoms with van der Waals surface area (Å²) in [7, 11) is 0. The van der Waals surface area contributed by atoms with Gasteiger partial charge >= 0.3 is 12.0 Å². The molecule has 112 valence electrons. The number of carboxylic acids is 1. The van der Waals surface area contributed by atoms with Crippen molar-refractivity contribution in [1.82, 2.24) is 15.5 Å². The Hall–Kier alpha value is -1.79. The van der Waals surface area contributed by atoms with Gasteiger partial charge in [-0.25, -0.2) is 9.59 Å². The number of fused-ring (bicyclic) bond motifs is 1. The first-order chi connectivity index (χ1) is 9.41. The van der Waals surface area contributed by atoms with E-state index in [1.807, 2.05) is 0 Å². The van der Waals surface area contributed by atoms with Crippen LogP contribution in [0.5, 0.6) is 0 Å². The van der Waals surface area contributed by atoms with E-state index in [0.717, 1.165) is 12.8 Å². The summed E-state index contributed by atoms with van der Waals surface area (Å²) in [5, 5.41) is 14.5. The quantitative estimate of drug-likeness (QED) is 0.679. The predicted molar refractivity (Wildman–Crippen MR) is 71.0 cm³/mol. The maximum atomic E-state index is 12.3. The number of rotatable bonds is 3. The Morgan fingerprint density at radius 3 is 2.75 bits per heavy atom. The maximum Gasteiger partial charge on any atom is 0.326 e. The molecule has 7 nitrogen and oxygen atoms in total. The lowest BCUT2D eigenvalue weighted by atomic mass is 9.92. The number of urea groups is 1. The molecule has 0 spiro atoms. The third-order valence-electron chi connectivity index (χ3n) is 4.07. The van der Waals surface area contributed by atoms with E-state index >= 15 is 0 Å². The van der Waals surface area contributed by atoms with Gasteiger partial charge in [0.25, 0.3) is 0 Å². The number of carbonyl (C=O) groups is 3. The maximum absolute atomic E-state index is 12.3. The molecule has 2 aliphatic heterocycles. The summed E-state index contributed by atoms with van der Waals surface area (Å²) in [6.07, 6.45) is 1.55. The van der Waals surface area contributed by atoms with E-state index in [9.17, 15) is 14.4 Å². The van der Waals surface area contributed by atoms with Crippen molar-refractivity contribution >= 4 is 17.9 Å². The molecular formula is C13H21N3O4. The predicted octanol–water partition coefficient (Wildman–Crippen LogP) is 0.0156. The van der Waals surface area contributed by atoms with Gasteiger partial charge in [-0.3, -0.25) is 4.79 Å². The third kappa shape index (κ3) is 2.71. The van der Waals surface area contributed by atoms with E-state index in [2.05, 4.69) is 10.6 Å². The molecule has 0 aromatic rings. The van der Waals surface area contributed by atoms with Crippen molar-refractivity contribution < 1.29 is 19.5 Å². The summed E-state index contributed by atoms with van der Waals surface area (Å²) in [4.78, 5) is 36.7. The Morgan fingerprint density at radius 1 is 1.45 bits per heavy atom. The van der Waals surface area contributed by atoms with E-state index in [-0.39, 0.29) is 23.8 Å². The lowest BCUT2D eigenvalue weighted by Gasteiger charge is -2.36. The lowest BCUT2D eigenvalue weighted by Crippen LogP contribution is -2.56. The van der Waals surface area contributed by atoms with Gasteiger partial charge in [0.1, 0.15) is 6.04 Å². The van der Waals surface area contributed by atoms with E-state index in [4.69, 9.17) is 5.11 Å². The molecule has 2 rings (SSSR count). The Labute approximate surface area is 117 Å². The normalized spacial score (nSPS) is 26.9. The topological polar surface area (TPSA) is 98.7 Å². The molecule has 2 fully saturated rings. The molecule has 7 heteroatoms. The molecule has 0 saturated carbocycles. The number of piperidine rings is 1. The lowest BCUT2D eigenvalue weighted by molar-refractivity contribution is -0.140. The standard InChI is InChI=1S/C13H21N3O4/c1-7(2)10(12(18)19)15-13(20)16-5-3-4-8-9(16)6-14-11(8)17/h7-10H,3-6H2,1-2H3,(H,14,17)(H,15,20)(H,18,19). The highest BCUT2D eigenvalue weighted by Gasteiger charge is 2.43. The first-order valence-corrected chi connectivity index (χ1v) is 6.99. The van der Waals surface area contributed by atoms with Crippen LogP contribution in [0, 0.1) is 11.8 Å². The molecule has 2 aliphatic rings. The number of hydrogen-bond donors (Lipinski definition) is 3. The van der Waals surface area contributed by atoms with E-state index < -0.39 is 18.0 Å². The first-order valence-electron chi connectivity index (χ1n) is 6.99. The Balaban J connectivity index is 2.05. The fourth-order valence-corrected chi connectivity index (χ4v) is 2.93. The van der Waals surface area contributed by atoms with Gasteiger partial charge in [0.05, 0.1) is 12.0 Å². The molecule has 2 saturated heterocycles. The third-order valence-corrected chi connectivity index (χ3v) is 4.07. The van der Waals surface area contributed by atoms with Crippen molar-refractivity contribution in [2.24, 2.45) is 11.8 Å². The second-order valence-corrected chi connectivity index (χ2v) is 5.76.